The van der Waals surface area contributed by atoms with E-state index < -0.39 is 6.10 Å². The number of allylic oxidation sites excluding steroid dienone is 12. The molecule has 0 bridgehead atoms. The van der Waals surface area contributed by atoms with Crippen molar-refractivity contribution in [3.63, 3.8) is 0 Å². The minimum atomic E-state index is -0.795. The zero-order valence-electron chi connectivity index (χ0n) is 47.0. The van der Waals surface area contributed by atoms with Gasteiger partial charge in [0.1, 0.15) is 13.2 Å². The van der Waals surface area contributed by atoms with E-state index in [1.807, 2.05) is 0 Å². The molecule has 0 spiro atoms. The van der Waals surface area contributed by atoms with Gasteiger partial charge in [-0.1, -0.05) is 248 Å². The van der Waals surface area contributed by atoms with Gasteiger partial charge in [-0.25, -0.2) is 0 Å². The van der Waals surface area contributed by atoms with Crippen molar-refractivity contribution in [2.75, 3.05) is 13.2 Å². The van der Waals surface area contributed by atoms with Gasteiger partial charge in [-0.15, -0.1) is 0 Å². The first kappa shape index (κ1) is 67.8. The predicted molar refractivity (Wildman–Crippen MR) is 307 cm³/mol. The fourth-order valence-corrected chi connectivity index (χ4v) is 8.60. The molecule has 0 aromatic heterocycles. The van der Waals surface area contributed by atoms with E-state index in [1.165, 1.54) is 180 Å². The number of hydrogen-bond acceptors (Lipinski definition) is 6. The summed E-state index contributed by atoms with van der Waals surface area (Å²) in [5.74, 6) is -0.926. The Morgan fingerprint density at radius 1 is 0.296 bits per heavy atom. The molecule has 0 fully saturated rings. The summed E-state index contributed by atoms with van der Waals surface area (Å²) in [5.41, 5.74) is 0. The molecule has 0 amide bonds. The van der Waals surface area contributed by atoms with Gasteiger partial charge in [0.05, 0.1) is 0 Å². The number of rotatable bonds is 55. The molecule has 0 heterocycles. The Morgan fingerprint density at radius 2 is 0.549 bits per heavy atom. The van der Waals surface area contributed by atoms with Crippen LogP contribution in [-0.2, 0) is 28.6 Å². The highest BCUT2D eigenvalue weighted by atomic mass is 16.6. The molecular formula is C65H114O6. The maximum atomic E-state index is 12.9. The van der Waals surface area contributed by atoms with Crippen molar-refractivity contribution >= 4 is 17.9 Å². The normalized spacial score (nSPS) is 12.5. The molecule has 6 heteroatoms. The SMILES string of the molecule is CC/C=C\C/C=C\C/C=C\C/C=C\CCCCC(=O)OC[C@H](COC(=O)CCCCCCCCC/C=C\CCCCCCCC)OC(=O)CCCCCCCCCCCCC/C=C\CCCCCCCC. The number of unbranched alkanes of at least 4 members (excludes halogenated alkanes) is 32. The first-order valence-electron chi connectivity index (χ1n) is 30.4. The van der Waals surface area contributed by atoms with Crippen LogP contribution >= 0.6 is 0 Å². The Kier molecular flexibility index (Phi) is 56.8. The largest absolute Gasteiger partial charge is 0.462 e. The van der Waals surface area contributed by atoms with Crippen molar-refractivity contribution in [1.29, 1.82) is 0 Å². The molecule has 71 heavy (non-hydrogen) atoms. The van der Waals surface area contributed by atoms with Gasteiger partial charge in [-0.3, -0.25) is 14.4 Å². The molecule has 0 unspecified atom stereocenters. The summed E-state index contributed by atoms with van der Waals surface area (Å²) in [6.07, 6.45) is 76.2. The van der Waals surface area contributed by atoms with Crippen LogP contribution in [-0.4, -0.2) is 37.2 Å². The Morgan fingerprint density at radius 3 is 0.901 bits per heavy atom. The van der Waals surface area contributed by atoms with Gasteiger partial charge in [0, 0.05) is 19.3 Å². The Bertz CT molecular complexity index is 1320. The van der Waals surface area contributed by atoms with E-state index in [0.29, 0.717) is 19.3 Å². The van der Waals surface area contributed by atoms with E-state index in [0.717, 1.165) is 83.5 Å². The molecule has 0 aromatic carbocycles. The molecule has 0 aliphatic heterocycles. The second-order valence-corrected chi connectivity index (χ2v) is 20.2. The Labute approximate surface area is 440 Å². The van der Waals surface area contributed by atoms with Crippen LogP contribution in [0.2, 0.25) is 0 Å². The summed E-state index contributed by atoms with van der Waals surface area (Å²) < 4.78 is 16.9. The summed E-state index contributed by atoms with van der Waals surface area (Å²) in [6.45, 7) is 6.51. The van der Waals surface area contributed by atoms with E-state index in [-0.39, 0.29) is 31.1 Å². The van der Waals surface area contributed by atoms with Crippen LogP contribution in [0.4, 0.5) is 0 Å². The highest BCUT2D eigenvalue weighted by molar-refractivity contribution is 5.71. The van der Waals surface area contributed by atoms with Crippen LogP contribution in [0.3, 0.4) is 0 Å². The number of carbonyl (C=O) groups is 3. The van der Waals surface area contributed by atoms with E-state index in [4.69, 9.17) is 14.2 Å². The molecule has 0 aliphatic rings. The lowest BCUT2D eigenvalue weighted by Gasteiger charge is -2.18. The van der Waals surface area contributed by atoms with E-state index in [1.54, 1.807) is 0 Å². The minimum Gasteiger partial charge on any atom is -0.462 e. The molecule has 0 N–H and O–H groups in total. The summed E-state index contributed by atoms with van der Waals surface area (Å²) >= 11 is 0. The molecular weight excluding hydrogens is 877 g/mol. The number of hydrogen-bond donors (Lipinski definition) is 0. The molecule has 0 aliphatic carbocycles. The standard InChI is InChI=1S/C65H114O6/c1-4-7-10-13-16-19-22-25-28-30-31-32-33-35-38-41-44-47-50-53-56-59-65(68)71-62(60-69-63(66)57-54-51-48-45-42-39-36-27-24-21-18-15-12-9-6-3)61-70-64(67)58-55-52-49-46-43-40-37-34-29-26-23-20-17-14-11-8-5-2/h9,12,18,21,25-29,36,42,45,62H,4-8,10-11,13-17,19-20,22-24,30-35,37-41,43-44,46-61H2,1-3H3/b12-9-,21-18-,28-25-,29-26-,36-27-,45-42-/t62-/m1/s1. The Balaban J connectivity index is 4.40. The van der Waals surface area contributed by atoms with Crippen molar-refractivity contribution in [3.8, 4) is 0 Å². The predicted octanol–water partition coefficient (Wildman–Crippen LogP) is 20.5. The van der Waals surface area contributed by atoms with Crippen molar-refractivity contribution in [3.05, 3.63) is 72.9 Å². The van der Waals surface area contributed by atoms with Gasteiger partial charge in [0.2, 0.25) is 0 Å². The topological polar surface area (TPSA) is 78.9 Å². The number of ether oxygens (including phenoxy) is 3. The van der Waals surface area contributed by atoms with Gasteiger partial charge in [0.25, 0.3) is 0 Å². The van der Waals surface area contributed by atoms with Crippen LogP contribution < -0.4 is 0 Å². The Hall–Kier alpha value is -3.15. The molecule has 0 saturated carbocycles. The highest BCUT2D eigenvalue weighted by Crippen LogP contribution is 2.16. The van der Waals surface area contributed by atoms with E-state index >= 15 is 0 Å². The summed E-state index contributed by atoms with van der Waals surface area (Å²) in [5, 5.41) is 0. The number of esters is 3. The van der Waals surface area contributed by atoms with Crippen LogP contribution in [0.25, 0.3) is 0 Å². The first-order valence-corrected chi connectivity index (χ1v) is 30.4. The van der Waals surface area contributed by atoms with Crippen molar-refractivity contribution < 1.29 is 28.6 Å². The lowest BCUT2D eigenvalue weighted by Crippen LogP contribution is -2.30. The zero-order chi connectivity index (χ0) is 51.4. The fourth-order valence-electron chi connectivity index (χ4n) is 8.60. The lowest BCUT2D eigenvalue weighted by molar-refractivity contribution is -0.167. The minimum absolute atomic E-state index is 0.0898. The molecule has 410 valence electrons. The van der Waals surface area contributed by atoms with Crippen molar-refractivity contribution in [2.24, 2.45) is 0 Å². The van der Waals surface area contributed by atoms with Crippen LogP contribution in [0.5, 0.6) is 0 Å². The zero-order valence-corrected chi connectivity index (χ0v) is 47.0. The quantitative estimate of drug-likeness (QED) is 0.0261. The molecule has 0 saturated heterocycles. The molecule has 0 rings (SSSR count). The maximum Gasteiger partial charge on any atom is 0.306 e. The molecule has 0 radical (unpaired) electrons. The first-order chi connectivity index (χ1) is 35.0. The van der Waals surface area contributed by atoms with Gasteiger partial charge in [-0.2, -0.15) is 0 Å². The van der Waals surface area contributed by atoms with Gasteiger partial charge >= 0.3 is 17.9 Å². The molecule has 6 nitrogen and oxygen atoms in total. The molecule has 0 aromatic rings. The fraction of sp³-hybridized carbons (Fsp3) is 0.769. The summed E-state index contributed by atoms with van der Waals surface area (Å²) in [6, 6.07) is 0. The third-order valence-electron chi connectivity index (χ3n) is 13.2. The van der Waals surface area contributed by atoms with Gasteiger partial charge in [-0.05, 0) is 109 Å². The third-order valence-corrected chi connectivity index (χ3v) is 13.2. The van der Waals surface area contributed by atoms with Crippen molar-refractivity contribution in [2.45, 2.75) is 309 Å². The maximum absolute atomic E-state index is 12.9. The summed E-state index contributed by atoms with van der Waals surface area (Å²) in [7, 11) is 0. The van der Waals surface area contributed by atoms with Crippen molar-refractivity contribution in [1.82, 2.24) is 0 Å². The second-order valence-electron chi connectivity index (χ2n) is 20.2. The van der Waals surface area contributed by atoms with E-state index in [9.17, 15) is 14.4 Å². The van der Waals surface area contributed by atoms with Gasteiger partial charge < -0.3 is 14.2 Å². The second kappa shape index (κ2) is 59.4. The van der Waals surface area contributed by atoms with Crippen LogP contribution in [0, 0.1) is 0 Å². The average molecular weight is 992 g/mol. The van der Waals surface area contributed by atoms with Gasteiger partial charge in [0.15, 0.2) is 6.10 Å². The molecule has 1 atom stereocenters. The van der Waals surface area contributed by atoms with Crippen LogP contribution in [0.1, 0.15) is 303 Å². The van der Waals surface area contributed by atoms with E-state index in [2.05, 4.69) is 93.7 Å². The smallest absolute Gasteiger partial charge is 0.306 e. The monoisotopic (exact) mass is 991 g/mol. The van der Waals surface area contributed by atoms with Crippen LogP contribution in [0.15, 0.2) is 72.9 Å². The third kappa shape index (κ3) is 57.6. The number of carbonyl (C=O) groups excluding carboxylic acids is 3. The lowest BCUT2D eigenvalue weighted by atomic mass is 10.0. The highest BCUT2D eigenvalue weighted by Gasteiger charge is 2.19. The average Bonchev–Trinajstić information content (AvgIpc) is 3.37. The summed E-state index contributed by atoms with van der Waals surface area (Å²) in [4.78, 5) is 38.2.